The summed E-state index contributed by atoms with van der Waals surface area (Å²) in [4.78, 5) is 9.01. The van der Waals surface area contributed by atoms with Gasteiger partial charge in [0.1, 0.15) is 16.7 Å². The lowest BCUT2D eigenvalue weighted by atomic mass is 10.3. The minimum absolute atomic E-state index is 0.752. The minimum Gasteiger partial charge on any atom is -0.308 e. The van der Waals surface area contributed by atoms with E-state index in [9.17, 15) is 0 Å². The van der Waals surface area contributed by atoms with Crippen molar-refractivity contribution < 1.29 is 0 Å². The number of nitrogens with one attached hydrogen (secondary N) is 1. The highest BCUT2D eigenvalue weighted by Gasteiger charge is 2.10. The third-order valence-electron chi connectivity index (χ3n) is 2.49. The van der Waals surface area contributed by atoms with Gasteiger partial charge < -0.3 is 5.43 Å². The van der Waals surface area contributed by atoms with Crippen molar-refractivity contribution in [3.8, 4) is 0 Å². The van der Waals surface area contributed by atoms with E-state index in [0.29, 0.717) is 0 Å². The van der Waals surface area contributed by atoms with Gasteiger partial charge in [0.15, 0.2) is 0 Å². The van der Waals surface area contributed by atoms with E-state index in [0.717, 1.165) is 40.8 Å². The largest absolute Gasteiger partial charge is 0.308 e. The van der Waals surface area contributed by atoms with E-state index in [-0.39, 0.29) is 0 Å². The zero-order valence-corrected chi connectivity index (χ0v) is 11.7. The van der Waals surface area contributed by atoms with Crippen molar-refractivity contribution in [3.05, 3.63) is 11.4 Å². The van der Waals surface area contributed by atoms with Gasteiger partial charge in [-0.2, -0.15) is 0 Å². The summed E-state index contributed by atoms with van der Waals surface area (Å²) in [6, 6.07) is 0. The fourth-order valence-electron chi connectivity index (χ4n) is 1.47. The maximum Gasteiger partial charge on any atom is 0.147 e. The molecule has 0 unspecified atom stereocenters. The van der Waals surface area contributed by atoms with Crippen molar-refractivity contribution in [1.82, 2.24) is 9.97 Å². The zero-order chi connectivity index (χ0) is 12.7. The van der Waals surface area contributed by atoms with Crippen LogP contribution in [0.2, 0.25) is 0 Å². The summed E-state index contributed by atoms with van der Waals surface area (Å²) in [5, 5.41) is 1.06. The highest BCUT2D eigenvalue weighted by molar-refractivity contribution is 7.99. The maximum atomic E-state index is 5.49. The molecule has 1 aromatic heterocycles. The van der Waals surface area contributed by atoms with Crippen molar-refractivity contribution in [2.75, 3.05) is 11.2 Å². The van der Waals surface area contributed by atoms with Gasteiger partial charge in [0.2, 0.25) is 0 Å². The smallest absolute Gasteiger partial charge is 0.147 e. The Morgan fingerprint density at radius 2 is 2.00 bits per heavy atom. The van der Waals surface area contributed by atoms with Crippen molar-refractivity contribution >= 4 is 17.6 Å². The first kappa shape index (κ1) is 14.3. The number of rotatable bonds is 7. The molecule has 17 heavy (non-hydrogen) atoms. The van der Waals surface area contributed by atoms with Crippen molar-refractivity contribution in [2.45, 2.75) is 51.5 Å². The van der Waals surface area contributed by atoms with E-state index in [4.69, 9.17) is 5.84 Å². The van der Waals surface area contributed by atoms with E-state index in [1.54, 1.807) is 11.8 Å². The van der Waals surface area contributed by atoms with E-state index in [1.807, 2.05) is 6.92 Å². The topological polar surface area (TPSA) is 63.8 Å². The van der Waals surface area contributed by atoms with Gasteiger partial charge in [0.05, 0.1) is 0 Å². The van der Waals surface area contributed by atoms with Gasteiger partial charge in [-0.1, -0.05) is 20.3 Å². The standard InChI is InChI=1S/C12H22N4S/c1-4-6-8-17-12-9(3)11(16-13)14-10(15-12)7-5-2/h4-8,13H2,1-3H3,(H,14,15,16). The summed E-state index contributed by atoms with van der Waals surface area (Å²) in [5.74, 6) is 8.22. The highest BCUT2D eigenvalue weighted by Crippen LogP contribution is 2.25. The third-order valence-corrected chi connectivity index (χ3v) is 3.66. The maximum absolute atomic E-state index is 5.49. The number of anilines is 1. The molecular weight excluding hydrogens is 232 g/mol. The molecule has 0 amide bonds. The number of thioether (sulfide) groups is 1. The van der Waals surface area contributed by atoms with Gasteiger partial charge in [-0.25, -0.2) is 15.8 Å². The average Bonchev–Trinajstić information content (AvgIpc) is 2.33. The Hall–Kier alpha value is -0.810. The summed E-state index contributed by atoms with van der Waals surface area (Å²) in [5.41, 5.74) is 3.71. The fraction of sp³-hybridized carbons (Fsp3) is 0.667. The van der Waals surface area contributed by atoms with Gasteiger partial charge in [0, 0.05) is 12.0 Å². The first-order valence-corrected chi connectivity index (χ1v) is 7.18. The van der Waals surface area contributed by atoms with Crippen LogP contribution in [0.15, 0.2) is 5.03 Å². The normalized spacial score (nSPS) is 10.6. The first-order chi connectivity index (χ1) is 8.22. The van der Waals surface area contributed by atoms with Crippen molar-refractivity contribution in [2.24, 2.45) is 5.84 Å². The summed E-state index contributed by atoms with van der Waals surface area (Å²) >= 11 is 1.79. The predicted octanol–water partition coefficient (Wildman–Crippen LogP) is 2.92. The van der Waals surface area contributed by atoms with Crippen LogP contribution in [0.25, 0.3) is 0 Å². The van der Waals surface area contributed by atoms with Crippen molar-refractivity contribution in [3.63, 3.8) is 0 Å². The Morgan fingerprint density at radius 3 is 2.59 bits per heavy atom. The van der Waals surface area contributed by atoms with Gasteiger partial charge in [-0.3, -0.25) is 0 Å². The Balaban J connectivity index is 2.88. The predicted molar refractivity (Wildman–Crippen MR) is 74.2 cm³/mol. The quantitative estimate of drug-likeness (QED) is 0.257. The third kappa shape index (κ3) is 4.16. The molecule has 96 valence electrons. The second-order valence-corrected chi connectivity index (χ2v) is 5.10. The molecule has 0 aliphatic heterocycles. The van der Waals surface area contributed by atoms with E-state index in [1.165, 1.54) is 12.8 Å². The molecule has 0 aliphatic rings. The molecule has 1 aromatic rings. The van der Waals surface area contributed by atoms with Crippen LogP contribution in [0, 0.1) is 6.92 Å². The SMILES string of the molecule is CCCCSc1nc(CCC)nc(NN)c1C. The Labute approximate surface area is 108 Å². The molecule has 4 nitrogen and oxygen atoms in total. The van der Waals surface area contributed by atoms with Crippen LogP contribution in [-0.2, 0) is 6.42 Å². The van der Waals surface area contributed by atoms with Gasteiger partial charge >= 0.3 is 0 Å². The molecule has 5 heteroatoms. The van der Waals surface area contributed by atoms with Crippen LogP contribution in [0.4, 0.5) is 5.82 Å². The van der Waals surface area contributed by atoms with Gasteiger partial charge in [-0.15, -0.1) is 11.8 Å². The number of unbranched alkanes of at least 4 members (excludes halogenated alkanes) is 1. The number of aromatic nitrogens is 2. The Kier molecular flexibility index (Phi) is 6.29. The summed E-state index contributed by atoms with van der Waals surface area (Å²) in [6.07, 6.45) is 4.37. The molecular formula is C12H22N4S. The first-order valence-electron chi connectivity index (χ1n) is 6.19. The molecule has 0 atom stereocenters. The molecule has 1 heterocycles. The van der Waals surface area contributed by atoms with Gasteiger partial charge in [0.25, 0.3) is 0 Å². The molecule has 0 aliphatic carbocycles. The molecule has 0 spiro atoms. The van der Waals surface area contributed by atoms with Crippen LogP contribution in [0.5, 0.6) is 0 Å². The van der Waals surface area contributed by atoms with Crippen molar-refractivity contribution in [1.29, 1.82) is 0 Å². The van der Waals surface area contributed by atoms with Crippen LogP contribution < -0.4 is 11.3 Å². The van der Waals surface area contributed by atoms with Crippen LogP contribution in [-0.4, -0.2) is 15.7 Å². The van der Waals surface area contributed by atoms with Crippen LogP contribution in [0.1, 0.15) is 44.5 Å². The van der Waals surface area contributed by atoms with E-state index < -0.39 is 0 Å². The number of nitrogen functional groups attached to an aromatic ring is 1. The second-order valence-electron chi connectivity index (χ2n) is 4.01. The number of hydrogen-bond acceptors (Lipinski definition) is 5. The molecule has 0 saturated heterocycles. The highest BCUT2D eigenvalue weighted by atomic mass is 32.2. The second kappa shape index (κ2) is 7.50. The lowest BCUT2D eigenvalue weighted by Crippen LogP contribution is -2.13. The van der Waals surface area contributed by atoms with E-state index >= 15 is 0 Å². The minimum atomic E-state index is 0.752. The van der Waals surface area contributed by atoms with E-state index in [2.05, 4.69) is 29.2 Å². The molecule has 0 radical (unpaired) electrons. The molecule has 0 fully saturated rings. The number of hydrogen-bond donors (Lipinski definition) is 2. The average molecular weight is 254 g/mol. The summed E-state index contributed by atoms with van der Waals surface area (Å²) in [6.45, 7) is 6.34. The lowest BCUT2D eigenvalue weighted by Gasteiger charge is -2.11. The number of hydrazine groups is 1. The number of nitrogens with two attached hydrogens (primary N) is 1. The zero-order valence-electron chi connectivity index (χ0n) is 10.9. The summed E-state index contributed by atoms with van der Waals surface area (Å²) in [7, 11) is 0. The molecule has 0 saturated carbocycles. The fourth-order valence-corrected chi connectivity index (χ4v) is 2.58. The summed E-state index contributed by atoms with van der Waals surface area (Å²) < 4.78 is 0. The number of aryl methyl sites for hydroxylation is 1. The monoisotopic (exact) mass is 254 g/mol. The number of nitrogens with zero attached hydrogens (tertiary/aromatic N) is 2. The molecule has 0 aromatic carbocycles. The van der Waals surface area contributed by atoms with Gasteiger partial charge in [-0.05, 0) is 25.5 Å². The Bertz CT molecular complexity index is 355. The molecule has 1 rings (SSSR count). The molecule has 0 bridgehead atoms. The van der Waals surface area contributed by atoms with Crippen LogP contribution in [0.3, 0.4) is 0 Å². The molecule has 3 N–H and O–H groups in total. The van der Waals surface area contributed by atoms with Crippen LogP contribution >= 0.6 is 11.8 Å². The lowest BCUT2D eigenvalue weighted by molar-refractivity contribution is 0.801. The Morgan fingerprint density at radius 1 is 1.24 bits per heavy atom.